The number of hydrogen-bond acceptors (Lipinski definition) is 8. The van der Waals surface area contributed by atoms with Crippen LogP contribution in [0.4, 0.5) is 10.1 Å². The average molecular weight is 571 g/mol. The molecule has 0 fully saturated rings. The smallest absolute Gasteiger partial charge is 0.326 e. The second-order valence-corrected chi connectivity index (χ2v) is 9.56. The van der Waals surface area contributed by atoms with Gasteiger partial charge in [-0.1, -0.05) is 41.1 Å². The van der Waals surface area contributed by atoms with Gasteiger partial charge in [-0.25, -0.2) is 9.18 Å². The van der Waals surface area contributed by atoms with Gasteiger partial charge in [0.2, 0.25) is 5.82 Å². The van der Waals surface area contributed by atoms with E-state index in [9.17, 15) is 14.7 Å². The number of furan rings is 1. The van der Waals surface area contributed by atoms with Crippen LogP contribution >= 0.6 is 0 Å². The molecule has 2 heterocycles. The van der Waals surface area contributed by atoms with Crippen molar-refractivity contribution >= 4 is 17.6 Å². The van der Waals surface area contributed by atoms with Gasteiger partial charge in [0.15, 0.2) is 5.76 Å². The van der Waals surface area contributed by atoms with Crippen molar-refractivity contribution in [2.75, 3.05) is 18.5 Å². The molecule has 0 aliphatic carbocycles. The molecule has 5 rings (SSSR count). The fourth-order valence-corrected chi connectivity index (χ4v) is 4.25. The van der Waals surface area contributed by atoms with E-state index in [1.165, 1.54) is 18.2 Å². The zero-order valence-electron chi connectivity index (χ0n) is 22.5. The van der Waals surface area contributed by atoms with Gasteiger partial charge in [0.25, 0.3) is 11.8 Å². The fourth-order valence-electron chi connectivity index (χ4n) is 4.25. The van der Waals surface area contributed by atoms with Crippen LogP contribution in [0.15, 0.2) is 87.8 Å². The van der Waals surface area contributed by atoms with Crippen LogP contribution in [0.2, 0.25) is 0 Å². The van der Waals surface area contributed by atoms with Crippen molar-refractivity contribution in [1.82, 2.24) is 15.5 Å². The molecule has 1 unspecified atom stereocenters. The number of aryl methyl sites for hydroxylation is 1. The van der Waals surface area contributed by atoms with E-state index in [0.29, 0.717) is 23.4 Å². The minimum Gasteiger partial charge on any atom is -0.480 e. The van der Waals surface area contributed by atoms with Gasteiger partial charge in [0.05, 0.1) is 12.2 Å². The lowest BCUT2D eigenvalue weighted by atomic mass is 10.0. The number of carboxylic acid groups (broad SMARTS) is 1. The first-order chi connectivity index (χ1) is 20.3. The zero-order chi connectivity index (χ0) is 29.6. The Balaban J connectivity index is 1.25. The number of carbonyl (C=O) groups is 2. The van der Waals surface area contributed by atoms with Crippen LogP contribution in [0.25, 0.3) is 34.2 Å². The number of carboxylic acids is 1. The number of nitrogens with one attached hydrogen (secondary N) is 2. The molecule has 0 saturated carbocycles. The second kappa shape index (κ2) is 12.5. The van der Waals surface area contributed by atoms with E-state index in [1.54, 1.807) is 36.4 Å². The first kappa shape index (κ1) is 28.2. The van der Waals surface area contributed by atoms with Crippen molar-refractivity contribution < 1.29 is 33.1 Å². The number of hydrogen-bond donors (Lipinski definition) is 4. The molecule has 0 spiro atoms. The van der Waals surface area contributed by atoms with E-state index in [1.807, 2.05) is 31.2 Å². The summed E-state index contributed by atoms with van der Waals surface area (Å²) in [6.45, 7) is 2.38. The summed E-state index contributed by atoms with van der Waals surface area (Å²) in [4.78, 5) is 29.0. The maximum Gasteiger partial charge on any atom is 0.326 e. The van der Waals surface area contributed by atoms with Crippen LogP contribution in [-0.4, -0.2) is 51.4 Å². The normalized spacial score (nSPS) is 11.7. The summed E-state index contributed by atoms with van der Waals surface area (Å²) in [7, 11) is 0. The quantitative estimate of drug-likeness (QED) is 0.173. The number of aromatic nitrogens is 2. The van der Waals surface area contributed by atoms with Crippen molar-refractivity contribution in [3.63, 3.8) is 0 Å². The van der Waals surface area contributed by atoms with Crippen molar-refractivity contribution in [2.24, 2.45) is 0 Å². The number of nitrogens with zero attached hydrogens (tertiary/aromatic N) is 2. The standard InChI is InChI=1S/C31H27FN4O6/c1-18-2-5-20(6-3-18)26-12-13-27(41-26)29(38)34-25(31(39)40)17-19-4-11-23(24(32)16-19)28-35-30(42-36-28)21-7-9-22(10-8-21)33-14-15-37/h2-13,16,25,33,37H,14-15,17H2,1H3,(H,34,38)(H,39,40). The van der Waals surface area contributed by atoms with Crippen LogP contribution in [-0.2, 0) is 11.2 Å². The summed E-state index contributed by atoms with van der Waals surface area (Å²) in [5, 5.41) is 28.0. The molecule has 0 aliphatic rings. The Hall–Kier alpha value is -5.29. The molecule has 4 N–H and O–H groups in total. The minimum absolute atomic E-state index is 0.00538. The van der Waals surface area contributed by atoms with Crippen molar-refractivity contribution in [1.29, 1.82) is 0 Å². The highest BCUT2D eigenvalue weighted by atomic mass is 19.1. The van der Waals surface area contributed by atoms with E-state index in [-0.39, 0.29) is 36.1 Å². The molecule has 0 saturated heterocycles. The number of rotatable bonds is 11. The van der Waals surface area contributed by atoms with Crippen LogP contribution in [0, 0.1) is 12.7 Å². The third-order valence-electron chi connectivity index (χ3n) is 6.48. The fraction of sp³-hybridized carbons (Fsp3) is 0.161. The monoisotopic (exact) mass is 570 g/mol. The highest BCUT2D eigenvalue weighted by molar-refractivity contribution is 5.94. The molecule has 3 aromatic carbocycles. The molecule has 214 valence electrons. The van der Waals surface area contributed by atoms with Crippen LogP contribution in [0.5, 0.6) is 0 Å². The molecular weight excluding hydrogens is 543 g/mol. The number of halogens is 1. The van der Waals surface area contributed by atoms with Gasteiger partial charge in [-0.2, -0.15) is 4.98 Å². The number of aliphatic hydroxyl groups excluding tert-OH is 1. The first-order valence-corrected chi connectivity index (χ1v) is 13.1. The van der Waals surface area contributed by atoms with Crippen molar-refractivity contribution in [3.8, 4) is 34.2 Å². The summed E-state index contributed by atoms with van der Waals surface area (Å²) >= 11 is 0. The van der Waals surface area contributed by atoms with Gasteiger partial charge in [-0.05, 0) is 61.0 Å². The minimum atomic E-state index is -1.33. The van der Waals surface area contributed by atoms with Crippen LogP contribution in [0.1, 0.15) is 21.7 Å². The maximum absolute atomic E-state index is 15.1. The van der Waals surface area contributed by atoms with Crippen LogP contribution < -0.4 is 10.6 Å². The Morgan fingerprint density at radius 3 is 2.40 bits per heavy atom. The predicted molar refractivity (Wildman–Crippen MR) is 152 cm³/mol. The Kier molecular flexibility index (Phi) is 8.39. The molecule has 0 bridgehead atoms. The second-order valence-electron chi connectivity index (χ2n) is 9.56. The summed E-state index contributed by atoms with van der Waals surface area (Å²) in [5.74, 6) is -2.00. The summed E-state index contributed by atoms with van der Waals surface area (Å²) < 4.78 is 26.0. The molecule has 0 aliphatic heterocycles. The zero-order valence-corrected chi connectivity index (χ0v) is 22.5. The van der Waals surface area contributed by atoms with Crippen molar-refractivity contribution in [2.45, 2.75) is 19.4 Å². The highest BCUT2D eigenvalue weighted by Crippen LogP contribution is 2.26. The maximum atomic E-state index is 15.1. The lowest BCUT2D eigenvalue weighted by Crippen LogP contribution is -2.42. The predicted octanol–water partition coefficient (Wildman–Crippen LogP) is 4.94. The van der Waals surface area contributed by atoms with E-state index in [2.05, 4.69) is 20.8 Å². The number of amides is 1. The molecule has 1 atom stereocenters. The van der Waals surface area contributed by atoms with Crippen LogP contribution in [0.3, 0.4) is 0 Å². The molecule has 11 heteroatoms. The van der Waals surface area contributed by atoms with Gasteiger partial charge in [-0.15, -0.1) is 0 Å². The summed E-state index contributed by atoms with van der Waals surface area (Å²) in [6, 6.07) is 20.6. The summed E-state index contributed by atoms with van der Waals surface area (Å²) in [6.07, 6.45) is -0.169. The van der Waals surface area contributed by atoms with Gasteiger partial charge < -0.3 is 29.8 Å². The lowest BCUT2D eigenvalue weighted by Gasteiger charge is -2.14. The SMILES string of the molecule is Cc1ccc(-c2ccc(C(=O)NC(Cc3ccc(-c4noc(-c5ccc(NCCO)cc5)n4)c(F)c3)C(=O)O)o2)cc1. The van der Waals surface area contributed by atoms with Crippen molar-refractivity contribution in [3.05, 3.63) is 102 Å². The molecule has 42 heavy (non-hydrogen) atoms. The number of benzene rings is 3. The van der Waals surface area contributed by atoms with E-state index in [0.717, 1.165) is 16.8 Å². The van der Waals surface area contributed by atoms with Gasteiger partial charge >= 0.3 is 5.97 Å². The highest BCUT2D eigenvalue weighted by Gasteiger charge is 2.24. The first-order valence-electron chi connectivity index (χ1n) is 13.1. The Labute approximate surface area is 239 Å². The molecule has 1 amide bonds. The van der Waals surface area contributed by atoms with Gasteiger partial charge in [0, 0.05) is 29.8 Å². The molecule has 5 aromatic rings. The Morgan fingerprint density at radius 2 is 1.71 bits per heavy atom. The third-order valence-corrected chi connectivity index (χ3v) is 6.48. The lowest BCUT2D eigenvalue weighted by molar-refractivity contribution is -0.139. The average Bonchev–Trinajstić information content (AvgIpc) is 3.67. The third kappa shape index (κ3) is 6.53. The molecule has 10 nitrogen and oxygen atoms in total. The molecule has 0 radical (unpaired) electrons. The summed E-state index contributed by atoms with van der Waals surface area (Å²) in [5.41, 5.74) is 3.71. The van der Waals surface area contributed by atoms with E-state index < -0.39 is 23.7 Å². The van der Waals surface area contributed by atoms with Gasteiger partial charge in [-0.3, -0.25) is 4.79 Å². The van der Waals surface area contributed by atoms with E-state index in [4.69, 9.17) is 14.0 Å². The number of carbonyl (C=O) groups excluding carboxylic acids is 1. The Morgan fingerprint density at radius 1 is 0.976 bits per heavy atom. The van der Waals surface area contributed by atoms with Gasteiger partial charge in [0.1, 0.15) is 17.6 Å². The number of aliphatic carboxylic acids is 1. The van der Waals surface area contributed by atoms with E-state index >= 15 is 4.39 Å². The number of aliphatic hydroxyl groups is 1. The largest absolute Gasteiger partial charge is 0.480 e. The topological polar surface area (TPSA) is 151 Å². The molecule has 2 aromatic heterocycles. The molecular formula is C31H27FN4O6. The number of anilines is 1. The Bertz CT molecular complexity index is 1700.